The summed E-state index contributed by atoms with van der Waals surface area (Å²) in [5.74, 6) is 2.10. The number of para-hydroxylation sites is 1. The van der Waals surface area contributed by atoms with Crippen molar-refractivity contribution in [3.05, 3.63) is 47.5 Å². The number of hydrogen-bond donors (Lipinski definition) is 1. The number of rotatable bonds is 4. The molecule has 0 aliphatic carbocycles. The Morgan fingerprint density at radius 2 is 1.85 bits per heavy atom. The van der Waals surface area contributed by atoms with E-state index in [-0.39, 0.29) is 12.8 Å². The predicted molar refractivity (Wildman–Crippen MR) is 101 cm³/mol. The van der Waals surface area contributed by atoms with Crippen LogP contribution in [0.3, 0.4) is 0 Å². The van der Waals surface area contributed by atoms with E-state index < -0.39 is 5.54 Å². The fraction of sp³-hybridized carbons (Fsp3) is 0.381. The Kier molecular flexibility index (Phi) is 3.67. The van der Waals surface area contributed by atoms with Gasteiger partial charge in [-0.2, -0.15) is 0 Å². The van der Waals surface area contributed by atoms with Crippen LogP contribution in [0, 0.1) is 0 Å². The number of carbonyl (C=O) groups excluding carboxylic acids is 1. The molecule has 2 aromatic carbocycles. The van der Waals surface area contributed by atoms with Gasteiger partial charge in [0.05, 0.1) is 5.69 Å². The van der Waals surface area contributed by atoms with Crippen LogP contribution >= 0.6 is 0 Å². The minimum absolute atomic E-state index is 0.0843. The summed E-state index contributed by atoms with van der Waals surface area (Å²) in [6, 6.07) is 11.8. The average molecular weight is 366 g/mol. The molecular formula is C21H22N2O4. The topological polar surface area (TPSA) is 60.0 Å². The van der Waals surface area contributed by atoms with Gasteiger partial charge in [0.2, 0.25) is 6.79 Å². The summed E-state index contributed by atoms with van der Waals surface area (Å²) in [6.07, 6.45) is 3.21. The average Bonchev–Trinajstić information content (AvgIpc) is 3.28. The number of ether oxygens (including phenoxy) is 3. The van der Waals surface area contributed by atoms with Gasteiger partial charge >= 0.3 is 6.03 Å². The molecule has 3 heterocycles. The highest BCUT2D eigenvalue weighted by atomic mass is 16.7. The number of fused-ring (bicyclic) bond motifs is 5. The number of urea groups is 1. The van der Waals surface area contributed by atoms with Crippen LogP contribution in [-0.2, 0) is 5.54 Å². The van der Waals surface area contributed by atoms with Gasteiger partial charge in [0.15, 0.2) is 11.5 Å². The van der Waals surface area contributed by atoms with E-state index in [0.29, 0.717) is 24.7 Å². The van der Waals surface area contributed by atoms with Gasteiger partial charge in [-0.3, -0.25) is 4.90 Å². The normalized spacial score (nSPS) is 21.7. The largest absolute Gasteiger partial charge is 0.490 e. The molecule has 2 aromatic rings. The van der Waals surface area contributed by atoms with E-state index in [2.05, 4.69) is 18.3 Å². The van der Waals surface area contributed by atoms with E-state index in [1.165, 1.54) is 0 Å². The molecule has 3 aliphatic rings. The Morgan fingerprint density at radius 1 is 1.04 bits per heavy atom. The second kappa shape index (κ2) is 6.08. The standard InChI is InChI=1S/C21H22N2O4/c1-2-3-6-9-23-16-8-5-4-7-14(16)21(22-20(23)24)12-25-17-11-19-18(10-15(17)21)26-13-27-19/h4-5,7-8,10-11H,2-3,6,9,12-13H2,1H3,(H,22,24). The molecule has 0 radical (unpaired) electrons. The van der Waals surface area contributed by atoms with Crippen molar-refractivity contribution in [3.8, 4) is 17.2 Å². The molecule has 5 rings (SSSR count). The summed E-state index contributed by atoms with van der Waals surface area (Å²) in [4.78, 5) is 14.9. The maximum Gasteiger partial charge on any atom is 0.322 e. The third-order valence-electron chi connectivity index (χ3n) is 5.58. The smallest absolute Gasteiger partial charge is 0.322 e. The number of nitrogens with one attached hydrogen (secondary N) is 1. The number of amides is 2. The molecule has 0 saturated carbocycles. The van der Waals surface area contributed by atoms with Crippen molar-refractivity contribution in [2.75, 3.05) is 24.8 Å². The zero-order valence-corrected chi connectivity index (χ0v) is 15.3. The Balaban J connectivity index is 1.61. The molecule has 27 heavy (non-hydrogen) atoms. The second-order valence-corrected chi connectivity index (χ2v) is 7.20. The van der Waals surface area contributed by atoms with Crippen LogP contribution < -0.4 is 24.4 Å². The van der Waals surface area contributed by atoms with Gasteiger partial charge in [-0.05, 0) is 18.6 Å². The quantitative estimate of drug-likeness (QED) is 0.837. The SMILES string of the molecule is CCCCCN1C(=O)NC2(COc3cc4c(cc32)OCO4)c2ccccc21. The lowest BCUT2D eigenvalue weighted by molar-refractivity contribution is 0.173. The lowest BCUT2D eigenvalue weighted by Crippen LogP contribution is -2.58. The minimum Gasteiger partial charge on any atom is -0.490 e. The van der Waals surface area contributed by atoms with Gasteiger partial charge in [-0.25, -0.2) is 4.79 Å². The van der Waals surface area contributed by atoms with E-state index in [0.717, 1.165) is 41.8 Å². The third-order valence-corrected chi connectivity index (χ3v) is 5.58. The fourth-order valence-electron chi connectivity index (χ4n) is 4.20. The van der Waals surface area contributed by atoms with Crippen molar-refractivity contribution in [2.24, 2.45) is 0 Å². The predicted octanol–water partition coefficient (Wildman–Crippen LogP) is 3.77. The van der Waals surface area contributed by atoms with E-state index in [1.807, 2.05) is 35.2 Å². The summed E-state index contributed by atoms with van der Waals surface area (Å²) < 4.78 is 17.0. The lowest BCUT2D eigenvalue weighted by atomic mass is 9.81. The van der Waals surface area contributed by atoms with Crippen LogP contribution in [0.1, 0.15) is 37.3 Å². The van der Waals surface area contributed by atoms with E-state index in [9.17, 15) is 4.79 Å². The maximum atomic E-state index is 13.1. The molecule has 1 atom stereocenters. The first-order valence-electron chi connectivity index (χ1n) is 9.49. The molecule has 1 N–H and O–H groups in total. The van der Waals surface area contributed by atoms with Gasteiger partial charge in [0.25, 0.3) is 0 Å². The number of benzene rings is 2. The second-order valence-electron chi connectivity index (χ2n) is 7.20. The molecule has 2 amide bonds. The first-order valence-corrected chi connectivity index (χ1v) is 9.49. The monoisotopic (exact) mass is 366 g/mol. The zero-order valence-electron chi connectivity index (χ0n) is 15.3. The van der Waals surface area contributed by atoms with Crippen molar-refractivity contribution in [1.82, 2.24) is 5.32 Å². The van der Waals surface area contributed by atoms with Gasteiger partial charge in [-0.15, -0.1) is 0 Å². The summed E-state index contributed by atoms with van der Waals surface area (Å²) in [6.45, 7) is 3.44. The number of carbonyl (C=O) groups is 1. The van der Waals surface area contributed by atoms with E-state index in [1.54, 1.807) is 0 Å². The van der Waals surface area contributed by atoms with Crippen LogP contribution in [0.15, 0.2) is 36.4 Å². The molecule has 0 bridgehead atoms. The Bertz CT molecular complexity index is 913. The maximum absolute atomic E-state index is 13.1. The van der Waals surface area contributed by atoms with Crippen LogP contribution in [0.4, 0.5) is 10.5 Å². The highest BCUT2D eigenvalue weighted by Crippen LogP contribution is 2.51. The van der Waals surface area contributed by atoms with Gasteiger partial charge in [-0.1, -0.05) is 38.0 Å². The van der Waals surface area contributed by atoms with Gasteiger partial charge in [0, 0.05) is 23.7 Å². The van der Waals surface area contributed by atoms with Gasteiger partial charge in [0.1, 0.15) is 17.9 Å². The molecule has 3 aliphatic heterocycles. The Labute approximate surface area is 158 Å². The first kappa shape index (κ1) is 16.3. The van der Waals surface area contributed by atoms with Crippen molar-refractivity contribution >= 4 is 11.7 Å². The number of nitrogens with zero attached hydrogens (tertiary/aromatic N) is 1. The van der Waals surface area contributed by atoms with E-state index in [4.69, 9.17) is 14.2 Å². The molecular weight excluding hydrogens is 344 g/mol. The summed E-state index contributed by atoms with van der Waals surface area (Å²) in [5, 5.41) is 3.24. The minimum atomic E-state index is -0.703. The van der Waals surface area contributed by atoms with Crippen molar-refractivity contribution in [2.45, 2.75) is 31.7 Å². The molecule has 0 aromatic heterocycles. The highest BCUT2D eigenvalue weighted by molar-refractivity contribution is 5.97. The van der Waals surface area contributed by atoms with Crippen LogP contribution in [0.2, 0.25) is 0 Å². The summed E-state index contributed by atoms with van der Waals surface area (Å²) >= 11 is 0. The summed E-state index contributed by atoms with van der Waals surface area (Å²) in [7, 11) is 0. The van der Waals surface area contributed by atoms with Crippen molar-refractivity contribution in [3.63, 3.8) is 0 Å². The Hall–Kier alpha value is -2.89. The van der Waals surface area contributed by atoms with Gasteiger partial charge < -0.3 is 19.5 Å². The molecule has 140 valence electrons. The number of unbranched alkanes of at least 4 members (excludes halogenated alkanes) is 2. The van der Waals surface area contributed by atoms with Crippen LogP contribution in [0.5, 0.6) is 17.2 Å². The zero-order chi connectivity index (χ0) is 18.4. The van der Waals surface area contributed by atoms with Crippen molar-refractivity contribution < 1.29 is 19.0 Å². The fourth-order valence-corrected chi connectivity index (χ4v) is 4.20. The number of hydrogen-bond acceptors (Lipinski definition) is 4. The van der Waals surface area contributed by atoms with Crippen LogP contribution in [-0.4, -0.2) is 26.0 Å². The first-order chi connectivity index (χ1) is 13.2. The summed E-state index contributed by atoms with van der Waals surface area (Å²) in [5.41, 5.74) is 2.22. The third kappa shape index (κ3) is 2.36. The molecule has 0 saturated heterocycles. The number of anilines is 1. The highest BCUT2D eigenvalue weighted by Gasteiger charge is 2.50. The van der Waals surface area contributed by atoms with Crippen molar-refractivity contribution in [1.29, 1.82) is 0 Å². The Morgan fingerprint density at radius 3 is 2.70 bits per heavy atom. The van der Waals surface area contributed by atoms with Crippen LogP contribution in [0.25, 0.3) is 0 Å². The molecule has 1 spiro atoms. The molecule has 6 nitrogen and oxygen atoms in total. The molecule has 6 heteroatoms. The molecule has 0 fully saturated rings. The molecule has 1 unspecified atom stereocenters. The van der Waals surface area contributed by atoms with E-state index >= 15 is 0 Å². The lowest BCUT2D eigenvalue weighted by Gasteiger charge is -2.41.